The molecular formula is C18H16NO2+. The van der Waals surface area contributed by atoms with E-state index in [2.05, 4.69) is 0 Å². The summed E-state index contributed by atoms with van der Waals surface area (Å²) in [7, 11) is 0. The van der Waals surface area contributed by atoms with Gasteiger partial charge in [-0.1, -0.05) is 53.1 Å². The van der Waals surface area contributed by atoms with E-state index in [1.54, 1.807) is 4.57 Å². The maximum Gasteiger partial charge on any atom is 0.602 e. The topological polar surface area (TPSA) is 30.2 Å². The molecule has 1 aromatic heterocycles. The van der Waals surface area contributed by atoms with Crippen molar-refractivity contribution >= 4 is 16.9 Å². The Balaban J connectivity index is 1.82. The number of aromatic nitrogens is 1. The number of rotatable bonds is 2. The van der Waals surface area contributed by atoms with Gasteiger partial charge in [0.25, 0.3) is 0 Å². The van der Waals surface area contributed by atoms with Crippen molar-refractivity contribution in [2.24, 2.45) is 0 Å². The summed E-state index contributed by atoms with van der Waals surface area (Å²) in [5, 5.41) is 2.13. The number of nitrogens with zero attached hydrogens (tertiary/aromatic N) is 1. The fraction of sp³-hybridized carbons (Fsp3) is 0.111. The van der Waals surface area contributed by atoms with Gasteiger partial charge in [0.05, 0.1) is 0 Å². The van der Waals surface area contributed by atoms with Gasteiger partial charge in [-0.2, -0.15) is 4.79 Å². The van der Waals surface area contributed by atoms with Crippen molar-refractivity contribution in [3.05, 3.63) is 78.1 Å². The molecule has 0 bridgehead atoms. The largest absolute Gasteiger partial charge is 0.602 e. The highest BCUT2D eigenvalue weighted by atomic mass is 16.5. The van der Waals surface area contributed by atoms with Crippen LogP contribution in [-0.2, 0) is 11.3 Å². The van der Waals surface area contributed by atoms with Gasteiger partial charge < -0.3 is 4.74 Å². The van der Waals surface area contributed by atoms with Crippen LogP contribution in [0.4, 0.5) is 4.79 Å². The lowest BCUT2D eigenvalue weighted by atomic mass is 10.1. The normalized spacial score (nSPS) is 10.5. The van der Waals surface area contributed by atoms with Crippen LogP contribution >= 0.6 is 0 Å². The number of carbonyl (C=O) groups excluding carboxylic acids is 1. The van der Waals surface area contributed by atoms with Gasteiger partial charge in [0.2, 0.25) is 0 Å². The van der Waals surface area contributed by atoms with Gasteiger partial charge in [-0.15, -0.1) is 0 Å². The second-order valence-electron chi connectivity index (χ2n) is 4.95. The molecule has 0 radical (unpaired) electrons. The van der Waals surface area contributed by atoms with Gasteiger partial charge in [-0.05, 0) is 17.0 Å². The third-order valence-electron chi connectivity index (χ3n) is 3.41. The Kier molecular flexibility index (Phi) is 3.65. The van der Waals surface area contributed by atoms with Crippen LogP contribution < -0.4 is 4.57 Å². The second kappa shape index (κ2) is 5.75. The molecule has 0 spiro atoms. The first-order chi connectivity index (χ1) is 10.2. The summed E-state index contributed by atoms with van der Waals surface area (Å²) < 4.78 is 6.91. The van der Waals surface area contributed by atoms with Crippen LogP contribution in [0, 0.1) is 6.92 Å². The van der Waals surface area contributed by atoms with Crippen molar-refractivity contribution in [3.63, 3.8) is 0 Å². The highest BCUT2D eigenvalue weighted by Gasteiger charge is 2.20. The van der Waals surface area contributed by atoms with Crippen LogP contribution in [0.1, 0.15) is 11.3 Å². The minimum Gasteiger partial charge on any atom is -0.407 e. The summed E-state index contributed by atoms with van der Waals surface area (Å²) in [5.74, 6) is 0. The fourth-order valence-corrected chi connectivity index (χ4v) is 2.28. The lowest BCUT2D eigenvalue weighted by molar-refractivity contribution is -0.591. The number of pyridine rings is 1. The summed E-state index contributed by atoms with van der Waals surface area (Å²) in [6.07, 6.45) is 1.46. The average molecular weight is 278 g/mol. The molecule has 0 aliphatic heterocycles. The lowest BCUT2D eigenvalue weighted by Crippen LogP contribution is -2.45. The maximum atomic E-state index is 12.2. The molecule has 0 aliphatic carbocycles. The van der Waals surface area contributed by atoms with Crippen LogP contribution in [0.3, 0.4) is 0 Å². The monoisotopic (exact) mass is 278 g/mol. The highest BCUT2D eigenvalue weighted by molar-refractivity contribution is 5.81. The highest BCUT2D eigenvalue weighted by Crippen LogP contribution is 2.12. The number of hydrogen-bond acceptors (Lipinski definition) is 2. The molecule has 0 atom stereocenters. The number of benzene rings is 2. The molecule has 104 valence electrons. The molecule has 0 amide bonds. The van der Waals surface area contributed by atoms with Crippen molar-refractivity contribution < 1.29 is 14.1 Å². The van der Waals surface area contributed by atoms with Crippen LogP contribution in [0.25, 0.3) is 10.8 Å². The van der Waals surface area contributed by atoms with E-state index in [9.17, 15) is 4.79 Å². The Hall–Kier alpha value is -2.68. The minimum atomic E-state index is -0.359. The molecule has 0 saturated carbocycles. The van der Waals surface area contributed by atoms with E-state index in [4.69, 9.17) is 4.74 Å². The number of aryl methyl sites for hydroxylation is 1. The smallest absolute Gasteiger partial charge is 0.407 e. The Morgan fingerprint density at radius 2 is 1.67 bits per heavy atom. The quantitative estimate of drug-likeness (QED) is 0.670. The van der Waals surface area contributed by atoms with Crippen LogP contribution in [0.15, 0.2) is 66.9 Å². The number of ether oxygens (including phenoxy) is 1. The Morgan fingerprint density at radius 3 is 2.43 bits per heavy atom. The summed E-state index contributed by atoms with van der Waals surface area (Å²) in [4.78, 5) is 12.2. The van der Waals surface area contributed by atoms with Gasteiger partial charge >= 0.3 is 6.09 Å². The van der Waals surface area contributed by atoms with E-state index in [0.29, 0.717) is 0 Å². The molecule has 0 N–H and O–H groups in total. The second-order valence-corrected chi connectivity index (χ2v) is 4.95. The zero-order valence-corrected chi connectivity index (χ0v) is 11.8. The summed E-state index contributed by atoms with van der Waals surface area (Å²) in [6.45, 7) is 2.18. The molecule has 2 aromatic carbocycles. The van der Waals surface area contributed by atoms with Crippen LogP contribution in [0.5, 0.6) is 0 Å². The zero-order chi connectivity index (χ0) is 14.7. The first-order valence-corrected chi connectivity index (χ1v) is 6.86. The summed E-state index contributed by atoms with van der Waals surface area (Å²) in [5.41, 5.74) is 1.83. The maximum absolute atomic E-state index is 12.2. The zero-order valence-electron chi connectivity index (χ0n) is 11.8. The van der Waals surface area contributed by atoms with Gasteiger partial charge in [0.1, 0.15) is 6.61 Å². The van der Waals surface area contributed by atoms with Crippen molar-refractivity contribution in [1.82, 2.24) is 0 Å². The van der Waals surface area contributed by atoms with Gasteiger partial charge in [0, 0.05) is 18.4 Å². The molecule has 21 heavy (non-hydrogen) atoms. The minimum absolute atomic E-state index is 0.277. The molecular weight excluding hydrogens is 262 g/mol. The molecule has 0 saturated heterocycles. The number of fused-ring (bicyclic) bond motifs is 1. The Labute approximate surface area is 123 Å². The van der Waals surface area contributed by atoms with Gasteiger partial charge in [0.15, 0.2) is 11.9 Å². The number of hydrogen-bond donors (Lipinski definition) is 0. The van der Waals surface area contributed by atoms with Crippen LogP contribution in [-0.4, -0.2) is 6.09 Å². The average Bonchev–Trinajstić information content (AvgIpc) is 2.53. The Bertz CT molecular complexity index is 782. The molecule has 0 fully saturated rings. The van der Waals surface area contributed by atoms with E-state index in [-0.39, 0.29) is 12.7 Å². The molecule has 3 aromatic rings. The predicted octanol–water partition coefficient (Wildman–Crippen LogP) is 3.62. The van der Waals surface area contributed by atoms with E-state index in [1.807, 2.05) is 73.8 Å². The molecule has 3 nitrogen and oxygen atoms in total. The SMILES string of the molecule is Cc1cc2ccccc2c[n+]1C(=O)OCc1ccccc1. The first kappa shape index (κ1) is 13.3. The molecule has 1 heterocycles. The third-order valence-corrected chi connectivity index (χ3v) is 3.41. The lowest BCUT2D eigenvalue weighted by Gasteiger charge is -2.03. The predicted molar refractivity (Wildman–Crippen MR) is 80.9 cm³/mol. The molecule has 3 heteroatoms. The van der Waals surface area contributed by atoms with E-state index in [0.717, 1.165) is 22.0 Å². The Morgan fingerprint density at radius 1 is 1.00 bits per heavy atom. The van der Waals surface area contributed by atoms with E-state index >= 15 is 0 Å². The molecule has 3 rings (SSSR count). The van der Waals surface area contributed by atoms with E-state index < -0.39 is 0 Å². The first-order valence-electron chi connectivity index (χ1n) is 6.86. The third kappa shape index (κ3) is 2.92. The van der Waals surface area contributed by atoms with Gasteiger partial charge in [-0.3, -0.25) is 0 Å². The van der Waals surface area contributed by atoms with Crippen molar-refractivity contribution in [1.29, 1.82) is 0 Å². The van der Waals surface area contributed by atoms with Crippen molar-refractivity contribution in [3.8, 4) is 0 Å². The van der Waals surface area contributed by atoms with E-state index in [1.165, 1.54) is 0 Å². The summed E-state index contributed by atoms with van der Waals surface area (Å²) >= 11 is 0. The van der Waals surface area contributed by atoms with Crippen LogP contribution in [0.2, 0.25) is 0 Å². The van der Waals surface area contributed by atoms with Crippen molar-refractivity contribution in [2.75, 3.05) is 0 Å². The molecule has 0 aliphatic rings. The summed E-state index contributed by atoms with van der Waals surface area (Å²) in [6, 6.07) is 19.6. The number of carbonyl (C=O) groups is 1. The fourth-order valence-electron chi connectivity index (χ4n) is 2.28. The van der Waals surface area contributed by atoms with Crippen molar-refractivity contribution in [2.45, 2.75) is 13.5 Å². The van der Waals surface area contributed by atoms with Gasteiger partial charge in [-0.25, -0.2) is 0 Å². The standard InChI is InChI=1S/C18H16NO2/c1-14-11-16-9-5-6-10-17(16)12-19(14)18(20)21-13-15-7-3-2-4-8-15/h2-12H,13H2,1H3/q+1. The molecule has 0 unspecified atom stereocenters.